The Balaban J connectivity index is 0.000000126. The van der Waals surface area contributed by atoms with E-state index in [9.17, 15) is 0 Å². The van der Waals surface area contributed by atoms with Crippen molar-refractivity contribution in [1.29, 1.82) is 0 Å². The van der Waals surface area contributed by atoms with E-state index in [2.05, 4.69) is 124 Å². The average molecular weight is 717 g/mol. The van der Waals surface area contributed by atoms with Crippen LogP contribution in [0, 0.1) is 0 Å². The zero-order chi connectivity index (χ0) is 32.4. The minimum absolute atomic E-state index is 0. The van der Waals surface area contributed by atoms with Crippen molar-refractivity contribution in [3.63, 3.8) is 0 Å². The maximum atomic E-state index is 4.48. The van der Waals surface area contributed by atoms with Crippen molar-refractivity contribution in [2.75, 3.05) is 0 Å². The first-order chi connectivity index (χ1) is 23.8. The predicted octanol–water partition coefficient (Wildman–Crippen LogP) is 11.7. The van der Waals surface area contributed by atoms with Gasteiger partial charge >= 0.3 is 19.5 Å². The summed E-state index contributed by atoms with van der Waals surface area (Å²) in [5.41, 5.74) is 6.66. The van der Waals surface area contributed by atoms with E-state index in [1.807, 2.05) is 91.4 Å². The summed E-state index contributed by atoms with van der Waals surface area (Å²) in [5.74, 6) is 0. The molecule has 0 aliphatic rings. The molecule has 9 rings (SSSR count). The first-order valence-corrected chi connectivity index (χ1v) is 16.0. The van der Waals surface area contributed by atoms with Crippen LogP contribution in [0.4, 0.5) is 0 Å². The Morgan fingerprint density at radius 3 is 0.776 bits per heavy atom. The zero-order valence-corrected chi connectivity index (χ0v) is 28.5. The van der Waals surface area contributed by atoms with Crippen molar-refractivity contribution >= 4 is 32.3 Å². The number of fused-ring (bicyclic) bond motifs is 3. The molecule has 9 aromatic rings. The van der Waals surface area contributed by atoms with Gasteiger partial charge in [-0.3, -0.25) is 15.0 Å². The molecule has 3 heterocycles. The van der Waals surface area contributed by atoms with Gasteiger partial charge in [-0.15, -0.1) is 0 Å². The van der Waals surface area contributed by atoms with Gasteiger partial charge in [0, 0.05) is 51.4 Å². The van der Waals surface area contributed by atoms with Gasteiger partial charge in [-0.05, 0) is 34.4 Å². The number of benzene rings is 6. The molecule has 0 spiro atoms. The summed E-state index contributed by atoms with van der Waals surface area (Å²) < 4.78 is 0. The molecule has 0 bridgehead atoms. The molecule has 4 heteroatoms. The average Bonchev–Trinajstić information content (AvgIpc) is 3.19. The van der Waals surface area contributed by atoms with Crippen LogP contribution in [-0.2, 0) is 19.5 Å². The van der Waals surface area contributed by atoms with Crippen LogP contribution >= 0.6 is 0 Å². The molecule has 1 radical (unpaired) electrons. The molecular weight excluding hydrogens is 684 g/mol. The first-order valence-electron chi connectivity index (χ1n) is 16.0. The minimum atomic E-state index is 0. The fourth-order valence-corrected chi connectivity index (χ4v) is 5.84. The van der Waals surface area contributed by atoms with Crippen LogP contribution in [0.3, 0.4) is 0 Å². The fraction of sp³-hybridized carbons (Fsp3) is 0. The maximum absolute atomic E-state index is 4.48. The van der Waals surface area contributed by atoms with Gasteiger partial charge in [-0.1, -0.05) is 164 Å². The van der Waals surface area contributed by atoms with E-state index in [1.54, 1.807) is 0 Å². The third kappa shape index (κ3) is 7.84. The van der Waals surface area contributed by atoms with Crippen LogP contribution in [-0.4, -0.2) is 15.0 Å². The van der Waals surface area contributed by atoms with Gasteiger partial charge in [0.05, 0.1) is 17.1 Å². The summed E-state index contributed by atoms with van der Waals surface area (Å²) >= 11 is 0. The van der Waals surface area contributed by atoms with Crippen LogP contribution in [0.15, 0.2) is 201 Å². The van der Waals surface area contributed by atoms with Crippen molar-refractivity contribution in [1.82, 2.24) is 15.0 Å². The zero-order valence-electron chi connectivity index (χ0n) is 26.7. The molecule has 0 saturated heterocycles. The summed E-state index contributed by atoms with van der Waals surface area (Å²) in [5, 5.41) is 7.31. The van der Waals surface area contributed by atoms with E-state index < -0.39 is 0 Å². The van der Waals surface area contributed by atoms with E-state index in [4.69, 9.17) is 0 Å². The van der Waals surface area contributed by atoms with Crippen LogP contribution in [0.2, 0.25) is 0 Å². The monoisotopic (exact) mass is 717 g/mol. The second-order valence-corrected chi connectivity index (χ2v) is 11.2. The molecule has 0 N–H and O–H groups in total. The van der Waals surface area contributed by atoms with Crippen LogP contribution in [0.1, 0.15) is 0 Å². The molecule has 0 saturated carbocycles. The molecule has 0 unspecified atom stereocenters. The van der Waals surface area contributed by atoms with Crippen molar-refractivity contribution in [2.45, 2.75) is 0 Å². The van der Waals surface area contributed by atoms with E-state index in [1.165, 1.54) is 49.0 Å². The summed E-state index contributed by atoms with van der Waals surface area (Å²) in [6.45, 7) is 0. The maximum Gasteiger partial charge on any atom is 3.00 e. The van der Waals surface area contributed by atoms with Crippen LogP contribution in [0.25, 0.3) is 66.1 Å². The Kier molecular flexibility index (Phi) is 11.0. The van der Waals surface area contributed by atoms with Gasteiger partial charge in [0.15, 0.2) is 0 Å². The number of pyridine rings is 3. The number of aromatic nitrogens is 3. The smallest absolute Gasteiger partial charge is 0.256 e. The number of nitrogens with zero attached hydrogens (tertiary/aromatic N) is 3. The quantitative estimate of drug-likeness (QED) is 0.171. The Labute approximate surface area is 299 Å². The molecule has 0 fully saturated rings. The minimum Gasteiger partial charge on any atom is -0.256 e. The molecule has 0 atom stereocenters. The van der Waals surface area contributed by atoms with E-state index in [0.29, 0.717) is 0 Å². The van der Waals surface area contributed by atoms with Gasteiger partial charge in [0.25, 0.3) is 0 Å². The first kappa shape index (κ1) is 33.1. The largest absolute Gasteiger partial charge is 3.00 e. The topological polar surface area (TPSA) is 38.7 Å². The third-order valence-electron chi connectivity index (χ3n) is 8.16. The normalized spacial score (nSPS) is 10.3. The van der Waals surface area contributed by atoms with E-state index in [0.717, 1.165) is 17.1 Å². The third-order valence-corrected chi connectivity index (χ3v) is 8.16. The van der Waals surface area contributed by atoms with Crippen molar-refractivity contribution in [2.24, 2.45) is 0 Å². The molecule has 3 aromatic heterocycles. The fourth-order valence-electron chi connectivity index (χ4n) is 5.84. The Hall–Kier alpha value is -5.83. The number of hydrogen-bond donors (Lipinski definition) is 0. The Morgan fingerprint density at radius 1 is 0.245 bits per heavy atom. The van der Waals surface area contributed by atoms with Crippen molar-refractivity contribution in [3.05, 3.63) is 201 Å². The molecule has 6 aromatic carbocycles. The SMILES string of the molecule is [Ru+3].c1ccc(-c2nccc3ccccc23)cc1.c1ccc(-c2nccc3ccccc23)cc1.c1ccc(-c2nccc3ccccc23)cc1. The number of hydrogen-bond acceptors (Lipinski definition) is 3. The van der Waals surface area contributed by atoms with Crippen LogP contribution in [0.5, 0.6) is 0 Å². The Bertz CT molecular complexity index is 2110. The van der Waals surface area contributed by atoms with Crippen molar-refractivity contribution in [3.8, 4) is 33.8 Å². The summed E-state index contributed by atoms with van der Waals surface area (Å²) in [6, 6.07) is 62.0. The van der Waals surface area contributed by atoms with Crippen molar-refractivity contribution < 1.29 is 19.5 Å². The summed E-state index contributed by atoms with van der Waals surface area (Å²) in [7, 11) is 0. The standard InChI is InChI=1S/3C15H11N.Ru/c3*1-2-7-13(8-3-1)15-14-9-5-4-6-12(14)10-11-16-15;/h3*1-11H;/q;;;+3. The van der Waals surface area contributed by atoms with Gasteiger partial charge in [0.2, 0.25) is 0 Å². The number of rotatable bonds is 3. The predicted molar refractivity (Wildman–Crippen MR) is 202 cm³/mol. The molecule has 0 aliphatic heterocycles. The van der Waals surface area contributed by atoms with Gasteiger partial charge in [0.1, 0.15) is 0 Å². The van der Waals surface area contributed by atoms with Gasteiger partial charge in [-0.2, -0.15) is 0 Å². The molecule has 0 aliphatic carbocycles. The van der Waals surface area contributed by atoms with E-state index >= 15 is 0 Å². The second kappa shape index (κ2) is 16.3. The molecule has 49 heavy (non-hydrogen) atoms. The second-order valence-electron chi connectivity index (χ2n) is 11.2. The van der Waals surface area contributed by atoms with Crippen LogP contribution < -0.4 is 0 Å². The molecule has 3 nitrogen and oxygen atoms in total. The molecule has 0 amide bonds. The van der Waals surface area contributed by atoms with E-state index in [-0.39, 0.29) is 19.5 Å². The summed E-state index contributed by atoms with van der Waals surface area (Å²) in [4.78, 5) is 13.4. The van der Waals surface area contributed by atoms with Gasteiger partial charge < -0.3 is 0 Å². The molecule has 233 valence electrons. The Morgan fingerprint density at radius 2 is 0.490 bits per heavy atom. The summed E-state index contributed by atoms with van der Waals surface area (Å²) in [6.07, 6.45) is 5.60. The molecular formula is C45H33N3Ru+3. The van der Waals surface area contributed by atoms with Gasteiger partial charge in [-0.25, -0.2) is 0 Å².